The second-order valence-electron chi connectivity index (χ2n) is 7.87. The third-order valence-corrected chi connectivity index (χ3v) is 5.57. The van der Waals surface area contributed by atoms with Crippen LogP contribution in [0.25, 0.3) is 16.9 Å². The van der Waals surface area contributed by atoms with Gasteiger partial charge in [-0.15, -0.1) is 0 Å². The summed E-state index contributed by atoms with van der Waals surface area (Å²) in [6, 6.07) is 13.3. The Balaban J connectivity index is 1.32. The smallest absolute Gasteiger partial charge is 0.137 e. The molecular formula is C25H29N3. The first-order valence-corrected chi connectivity index (χ1v) is 10.6. The molecule has 2 heterocycles. The first kappa shape index (κ1) is 18.8. The molecule has 3 heteroatoms. The molecule has 1 aromatic carbocycles. The van der Waals surface area contributed by atoms with Crippen molar-refractivity contribution in [3.8, 4) is 23.1 Å². The number of hydrogen-bond acceptors (Lipinski definition) is 2. The van der Waals surface area contributed by atoms with Gasteiger partial charge in [-0.3, -0.25) is 0 Å². The molecule has 0 unspecified atom stereocenters. The molecule has 1 saturated carbocycles. The van der Waals surface area contributed by atoms with Gasteiger partial charge in [0.2, 0.25) is 0 Å². The third-order valence-electron chi connectivity index (χ3n) is 5.57. The molecule has 1 aliphatic rings. The summed E-state index contributed by atoms with van der Waals surface area (Å²) in [5.41, 5.74) is 5.40. The predicted molar refractivity (Wildman–Crippen MR) is 116 cm³/mol. The molecular weight excluding hydrogens is 342 g/mol. The van der Waals surface area contributed by atoms with E-state index in [1.807, 2.05) is 0 Å². The Bertz CT molecular complexity index is 964. The van der Waals surface area contributed by atoms with Crippen LogP contribution in [0, 0.1) is 18.8 Å². The van der Waals surface area contributed by atoms with Crippen LogP contribution >= 0.6 is 0 Å². The highest BCUT2D eigenvalue weighted by molar-refractivity contribution is 5.63. The first-order valence-electron chi connectivity index (χ1n) is 10.6. The number of fused-ring (bicyclic) bond motifs is 1. The maximum Gasteiger partial charge on any atom is 0.137 e. The lowest BCUT2D eigenvalue weighted by Crippen LogP contribution is -2.29. The fraction of sp³-hybridized carbons (Fsp3) is 0.400. The lowest BCUT2D eigenvalue weighted by Gasteiger charge is -2.14. The lowest BCUT2D eigenvalue weighted by molar-refractivity contribution is 0.466. The van der Waals surface area contributed by atoms with E-state index in [1.165, 1.54) is 44.1 Å². The van der Waals surface area contributed by atoms with E-state index in [0.717, 1.165) is 35.4 Å². The van der Waals surface area contributed by atoms with E-state index in [1.54, 1.807) is 0 Å². The lowest BCUT2D eigenvalue weighted by atomic mass is 10.1. The summed E-state index contributed by atoms with van der Waals surface area (Å²) in [5.74, 6) is 6.60. The zero-order chi connectivity index (χ0) is 19.2. The molecule has 0 spiro atoms. The second-order valence-corrected chi connectivity index (χ2v) is 7.87. The molecule has 1 aliphatic carbocycles. The summed E-state index contributed by atoms with van der Waals surface area (Å²) >= 11 is 0. The Morgan fingerprint density at radius 3 is 2.64 bits per heavy atom. The van der Waals surface area contributed by atoms with Gasteiger partial charge in [-0.25, -0.2) is 4.98 Å². The predicted octanol–water partition coefficient (Wildman–Crippen LogP) is 5.36. The van der Waals surface area contributed by atoms with E-state index in [9.17, 15) is 0 Å². The molecule has 0 bridgehead atoms. The number of aryl methyl sites for hydroxylation is 1. The largest absolute Gasteiger partial charge is 0.313 e. The second kappa shape index (κ2) is 9.08. The summed E-state index contributed by atoms with van der Waals surface area (Å²) in [6.07, 6.45) is 13.3. The van der Waals surface area contributed by atoms with Crippen LogP contribution in [0.2, 0.25) is 0 Å². The maximum absolute atomic E-state index is 4.73. The van der Waals surface area contributed by atoms with Gasteiger partial charge in [-0.05, 0) is 49.6 Å². The van der Waals surface area contributed by atoms with E-state index in [0.29, 0.717) is 6.04 Å². The summed E-state index contributed by atoms with van der Waals surface area (Å²) in [7, 11) is 0. The fourth-order valence-electron chi connectivity index (χ4n) is 3.93. The highest BCUT2D eigenvalue weighted by Gasteiger charge is 2.10. The van der Waals surface area contributed by atoms with Gasteiger partial charge in [0.15, 0.2) is 0 Å². The SMILES string of the molecule is Cc1ccn2cc(-c3ccc(C#CCCNC4CCCCCC4)cc3)nc2c1. The van der Waals surface area contributed by atoms with Crippen molar-refractivity contribution in [3.63, 3.8) is 0 Å². The molecule has 0 saturated heterocycles. The number of nitrogens with zero attached hydrogens (tertiary/aromatic N) is 2. The van der Waals surface area contributed by atoms with Crippen LogP contribution in [0.3, 0.4) is 0 Å². The third kappa shape index (κ3) is 4.82. The topological polar surface area (TPSA) is 29.3 Å². The van der Waals surface area contributed by atoms with Crippen molar-refractivity contribution in [2.45, 2.75) is 57.9 Å². The number of aromatic nitrogens is 2. The minimum atomic E-state index is 0.706. The molecule has 0 atom stereocenters. The normalized spacial score (nSPS) is 15.2. The number of benzene rings is 1. The molecule has 0 amide bonds. The Kier molecular flexibility index (Phi) is 6.09. The molecule has 2 aromatic heterocycles. The molecule has 144 valence electrons. The molecule has 1 fully saturated rings. The Labute approximate surface area is 168 Å². The quantitative estimate of drug-likeness (QED) is 0.380. The number of rotatable bonds is 4. The Morgan fingerprint density at radius 1 is 1.07 bits per heavy atom. The van der Waals surface area contributed by atoms with Gasteiger partial charge in [-0.1, -0.05) is 49.7 Å². The number of hydrogen-bond donors (Lipinski definition) is 1. The number of nitrogens with one attached hydrogen (secondary N) is 1. The van der Waals surface area contributed by atoms with Crippen LogP contribution in [0.4, 0.5) is 0 Å². The van der Waals surface area contributed by atoms with Gasteiger partial charge >= 0.3 is 0 Å². The molecule has 1 N–H and O–H groups in total. The highest BCUT2D eigenvalue weighted by Crippen LogP contribution is 2.20. The minimum Gasteiger partial charge on any atom is -0.313 e. The monoisotopic (exact) mass is 371 g/mol. The average Bonchev–Trinajstić information content (AvgIpc) is 2.95. The minimum absolute atomic E-state index is 0.706. The van der Waals surface area contributed by atoms with Gasteiger partial charge in [0.1, 0.15) is 5.65 Å². The van der Waals surface area contributed by atoms with E-state index in [2.05, 4.69) is 77.3 Å². The fourth-order valence-corrected chi connectivity index (χ4v) is 3.93. The molecule has 28 heavy (non-hydrogen) atoms. The maximum atomic E-state index is 4.73. The average molecular weight is 372 g/mol. The standard InChI is InChI=1S/C25H29N3/c1-20-15-17-28-19-24(27-25(28)18-20)22-13-11-21(12-14-22)8-6-7-16-26-23-9-4-2-3-5-10-23/h11-15,17-19,23,26H,2-5,7,9-10,16H2,1H3. The van der Waals surface area contributed by atoms with E-state index in [4.69, 9.17) is 4.98 Å². The van der Waals surface area contributed by atoms with Crippen molar-refractivity contribution < 1.29 is 0 Å². The molecule has 0 radical (unpaired) electrons. The van der Waals surface area contributed by atoms with Crippen LogP contribution in [-0.2, 0) is 0 Å². The first-order chi connectivity index (χ1) is 13.8. The summed E-state index contributed by atoms with van der Waals surface area (Å²) in [5, 5.41) is 3.68. The van der Waals surface area contributed by atoms with Crippen molar-refractivity contribution in [3.05, 3.63) is 59.9 Å². The van der Waals surface area contributed by atoms with E-state index < -0.39 is 0 Å². The Morgan fingerprint density at radius 2 is 1.86 bits per heavy atom. The van der Waals surface area contributed by atoms with Crippen LogP contribution in [0.5, 0.6) is 0 Å². The van der Waals surface area contributed by atoms with Crippen molar-refractivity contribution in [2.24, 2.45) is 0 Å². The van der Waals surface area contributed by atoms with Crippen LogP contribution in [-0.4, -0.2) is 22.0 Å². The van der Waals surface area contributed by atoms with Crippen LogP contribution in [0.15, 0.2) is 48.8 Å². The summed E-state index contributed by atoms with van der Waals surface area (Å²) in [6.45, 7) is 3.09. The zero-order valence-electron chi connectivity index (χ0n) is 16.7. The number of pyridine rings is 1. The van der Waals surface area contributed by atoms with Crippen LogP contribution < -0.4 is 5.32 Å². The van der Waals surface area contributed by atoms with Gasteiger partial charge in [0, 0.05) is 42.5 Å². The van der Waals surface area contributed by atoms with Crippen molar-refractivity contribution in [1.82, 2.24) is 14.7 Å². The Hall–Kier alpha value is -2.57. The van der Waals surface area contributed by atoms with Crippen molar-refractivity contribution in [2.75, 3.05) is 6.54 Å². The summed E-state index contributed by atoms with van der Waals surface area (Å²) < 4.78 is 2.07. The molecule has 0 aliphatic heterocycles. The van der Waals surface area contributed by atoms with Crippen molar-refractivity contribution in [1.29, 1.82) is 0 Å². The molecule has 4 rings (SSSR count). The summed E-state index contributed by atoms with van der Waals surface area (Å²) in [4.78, 5) is 4.73. The zero-order valence-corrected chi connectivity index (χ0v) is 16.7. The highest BCUT2D eigenvalue weighted by atomic mass is 15.0. The van der Waals surface area contributed by atoms with E-state index in [-0.39, 0.29) is 0 Å². The van der Waals surface area contributed by atoms with E-state index >= 15 is 0 Å². The number of imidazole rings is 1. The van der Waals surface area contributed by atoms with Gasteiger partial charge < -0.3 is 9.72 Å². The molecule has 3 nitrogen and oxygen atoms in total. The van der Waals surface area contributed by atoms with Gasteiger partial charge in [-0.2, -0.15) is 0 Å². The van der Waals surface area contributed by atoms with Gasteiger partial charge in [0.05, 0.1) is 5.69 Å². The van der Waals surface area contributed by atoms with Gasteiger partial charge in [0.25, 0.3) is 0 Å². The molecule has 3 aromatic rings. The van der Waals surface area contributed by atoms with Crippen molar-refractivity contribution >= 4 is 5.65 Å². The van der Waals surface area contributed by atoms with Crippen LogP contribution in [0.1, 0.15) is 56.1 Å².